The molecule has 0 saturated carbocycles. The molecule has 7 nitrogen and oxygen atoms in total. The number of fused-ring (bicyclic) bond motifs is 1. The zero-order valence-corrected chi connectivity index (χ0v) is 17.6. The average Bonchev–Trinajstić information content (AvgIpc) is 3.18. The van der Waals surface area contributed by atoms with E-state index in [1.165, 1.54) is 30.5 Å². The minimum absolute atomic E-state index is 0.112. The number of alkyl halides is 3. The van der Waals surface area contributed by atoms with Gasteiger partial charge in [-0.3, -0.25) is 9.89 Å². The van der Waals surface area contributed by atoms with Gasteiger partial charge >= 0.3 is 6.36 Å². The highest BCUT2D eigenvalue weighted by Crippen LogP contribution is 2.41. The molecule has 1 aromatic heterocycles. The van der Waals surface area contributed by atoms with E-state index < -0.39 is 12.1 Å². The maximum atomic E-state index is 12.8. The predicted octanol–water partition coefficient (Wildman–Crippen LogP) is 5.37. The molecule has 0 radical (unpaired) electrons. The summed E-state index contributed by atoms with van der Waals surface area (Å²) in [6, 6.07) is 10.6. The highest BCUT2D eigenvalue weighted by atomic mass is 19.4. The molecule has 33 heavy (non-hydrogen) atoms. The van der Waals surface area contributed by atoms with Gasteiger partial charge < -0.3 is 14.2 Å². The van der Waals surface area contributed by atoms with Crippen LogP contribution < -0.4 is 14.2 Å². The van der Waals surface area contributed by atoms with E-state index in [2.05, 4.69) is 19.9 Å². The number of hydrogen-bond acceptors (Lipinski definition) is 5. The number of rotatable bonds is 7. The monoisotopic (exact) mass is 459 g/mol. The van der Waals surface area contributed by atoms with Gasteiger partial charge in [-0.2, -0.15) is 5.10 Å². The van der Waals surface area contributed by atoms with Gasteiger partial charge in [-0.25, -0.2) is 4.99 Å². The number of nitrogens with zero attached hydrogens (tertiary/aromatic N) is 2. The summed E-state index contributed by atoms with van der Waals surface area (Å²) >= 11 is 0. The van der Waals surface area contributed by atoms with Gasteiger partial charge in [-0.15, -0.1) is 13.2 Å². The lowest BCUT2D eigenvalue weighted by atomic mass is 9.89. The fourth-order valence-corrected chi connectivity index (χ4v) is 3.47. The molecule has 10 heteroatoms. The van der Waals surface area contributed by atoms with Crippen molar-refractivity contribution in [1.29, 1.82) is 0 Å². The van der Waals surface area contributed by atoms with Gasteiger partial charge in [-0.1, -0.05) is 25.1 Å². The molecular weight excluding hydrogens is 439 g/mol. The van der Waals surface area contributed by atoms with Crippen LogP contribution >= 0.6 is 0 Å². The van der Waals surface area contributed by atoms with Crippen molar-refractivity contribution in [1.82, 2.24) is 10.2 Å². The van der Waals surface area contributed by atoms with Crippen molar-refractivity contribution in [2.24, 2.45) is 4.99 Å². The smallest absolute Gasteiger partial charge is 0.490 e. The number of carbonyl (C=O) groups excluding carboxylic acids is 1. The number of para-hydroxylation sites is 2. The minimum Gasteiger partial charge on any atom is -0.490 e. The Morgan fingerprint density at radius 3 is 2.61 bits per heavy atom. The van der Waals surface area contributed by atoms with Crippen molar-refractivity contribution in [3.8, 4) is 23.0 Å². The van der Waals surface area contributed by atoms with Gasteiger partial charge in [0, 0.05) is 17.9 Å². The number of aromatic amines is 1. The van der Waals surface area contributed by atoms with Gasteiger partial charge in [0.1, 0.15) is 0 Å². The molecule has 1 aliphatic heterocycles. The molecule has 1 N–H and O–H groups in total. The van der Waals surface area contributed by atoms with Gasteiger partial charge in [0.15, 0.2) is 23.0 Å². The number of H-pyrrole nitrogens is 1. The van der Waals surface area contributed by atoms with Crippen LogP contribution in [0.4, 0.5) is 13.2 Å². The number of carbonyl (C=O) groups is 1. The van der Waals surface area contributed by atoms with Crippen molar-refractivity contribution in [3.63, 3.8) is 0 Å². The number of aliphatic imine (C=N–C) groups is 1. The predicted molar refractivity (Wildman–Crippen MR) is 113 cm³/mol. The normalized spacial score (nSPS) is 15.6. The molecule has 172 valence electrons. The Morgan fingerprint density at radius 2 is 1.85 bits per heavy atom. The first-order valence-corrected chi connectivity index (χ1v) is 10.2. The highest BCUT2D eigenvalue weighted by molar-refractivity contribution is 5.94. The van der Waals surface area contributed by atoms with Crippen molar-refractivity contribution in [2.45, 2.75) is 32.0 Å². The Hall–Kier alpha value is -3.82. The molecule has 1 aliphatic rings. The SMILES string of the molecule is CCCOc1cc(C2CC(=O)N=Cc3[nH]ncc32)ccc1Oc1ccccc1OC(F)(F)F. The maximum absolute atomic E-state index is 12.8. The van der Waals surface area contributed by atoms with E-state index in [0.29, 0.717) is 24.5 Å². The summed E-state index contributed by atoms with van der Waals surface area (Å²) in [5.74, 6) is -0.635. The summed E-state index contributed by atoms with van der Waals surface area (Å²) in [5.41, 5.74) is 2.21. The van der Waals surface area contributed by atoms with Crippen LogP contribution in [0.15, 0.2) is 53.7 Å². The quantitative estimate of drug-likeness (QED) is 0.513. The van der Waals surface area contributed by atoms with E-state index in [1.807, 2.05) is 6.92 Å². The van der Waals surface area contributed by atoms with Gasteiger partial charge in [-0.05, 0) is 36.2 Å². The first-order valence-electron chi connectivity index (χ1n) is 10.2. The highest BCUT2D eigenvalue weighted by Gasteiger charge is 2.32. The Morgan fingerprint density at radius 1 is 1.09 bits per heavy atom. The molecule has 1 unspecified atom stereocenters. The summed E-state index contributed by atoms with van der Waals surface area (Å²) in [6.07, 6.45) is -0.917. The second-order valence-electron chi connectivity index (χ2n) is 7.30. The number of benzene rings is 2. The molecule has 0 bridgehead atoms. The van der Waals surface area contributed by atoms with E-state index in [4.69, 9.17) is 9.47 Å². The van der Waals surface area contributed by atoms with E-state index in [1.54, 1.807) is 24.4 Å². The molecule has 2 heterocycles. The molecule has 3 aromatic rings. The number of nitrogens with one attached hydrogen (secondary N) is 1. The summed E-state index contributed by atoms with van der Waals surface area (Å²) in [5, 5.41) is 6.86. The topological polar surface area (TPSA) is 85.8 Å². The number of amides is 1. The molecule has 1 atom stereocenters. The largest absolute Gasteiger partial charge is 0.573 e. The molecular formula is C23H20F3N3O4. The van der Waals surface area contributed by atoms with Crippen LogP contribution in [0.25, 0.3) is 0 Å². The van der Waals surface area contributed by atoms with Gasteiger partial charge in [0.25, 0.3) is 0 Å². The zero-order chi connectivity index (χ0) is 23.4. The van der Waals surface area contributed by atoms with E-state index >= 15 is 0 Å². The first-order chi connectivity index (χ1) is 15.8. The van der Waals surface area contributed by atoms with Crippen LogP contribution in [0.1, 0.15) is 42.5 Å². The average molecular weight is 459 g/mol. The number of halogens is 3. The third-order valence-electron chi connectivity index (χ3n) is 4.92. The Labute approximate surface area is 187 Å². The fourth-order valence-electron chi connectivity index (χ4n) is 3.47. The van der Waals surface area contributed by atoms with Crippen LogP contribution in [0.3, 0.4) is 0 Å². The van der Waals surface area contributed by atoms with Crippen LogP contribution in [0, 0.1) is 0 Å². The standard InChI is InChI=1S/C23H20F3N3O4/c1-2-9-31-21-10-14(15-11-22(30)27-13-17-16(15)12-28-29-17)7-8-19(21)32-18-5-3-4-6-20(18)33-23(24,25)26/h3-8,10,12-13,15H,2,9,11H2,1H3,(H,28,29). The van der Waals surface area contributed by atoms with Crippen molar-refractivity contribution >= 4 is 12.1 Å². The third-order valence-corrected chi connectivity index (χ3v) is 4.92. The van der Waals surface area contributed by atoms with Crippen LogP contribution in [0.5, 0.6) is 23.0 Å². The van der Waals surface area contributed by atoms with E-state index in [0.717, 1.165) is 11.1 Å². The molecule has 1 amide bonds. The maximum Gasteiger partial charge on any atom is 0.573 e. The van der Waals surface area contributed by atoms with Crippen LogP contribution in [0.2, 0.25) is 0 Å². The van der Waals surface area contributed by atoms with Crippen molar-refractivity contribution in [2.75, 3.05) is 6.61 Å². The molecule has 0 fully saturated rings. The van der Waals surface area contributed by atoms with E-state index in [-0.39, 0.29) is 29.7 Å². The Balaban J connectivity index is 1.69. The third kappa shape index (κ3) is 5.33. The summed E-state index contributed by atoms with van der Waals surface area (Å²) in [4.78, 5) is 16.1. The first kappa shape index (κ1) is 22.4. The number of aromatic nitrogens is 2. The molecule has 0 spiro atoms. The van der Waals surface area contributed by atoms with Crippen molar-refractivity contribution in [3.05, 3.63) is 65.5 Å². The Bertz CT molecular complexity index is 1170. The Kier molecular flexibility index (Phi) is 6.34. The van der Waals surface area contributed by atoms with Crippen LogP contribution in [-0.2, 0) is 4.79 Å². The second-order valence-corrected chi connectivity index (χ2v) is 7.30. The fraction of sp³-hybridized carbons (Fsp3) is 0.261. The zero-order valence-electron chi connectivity index (χ0n) is 17.6. The second kappa shape index (κ2) is 9.35. The number of hydrogen-bond donors (Lipinski definition) is 1. The molecule has 2 aromatic carbocycles. The molecule has 0 aliphatic carbocycles. The summed E-state index contributed by atoms with van der Waals surface area (Å²) in [7, 11) is 0. The lowest BCUT2D eigenvalue weighted by Gasteiger charge is -2.19. The number of ether oxygens (including phenoxy) is 3. The van der Waals surface area contributed by atoms with Crippen molar-refractivity contribution < 1.29 is 32.2 Å². The summed E-state index contributed by atoms with van der Waals surface area (Å²) < 4.78 is 54.0. The van der Waals surface area contributed by atoms with Crippen LogP contribution in [-0.4, -0.2) is 35.3 Å². The van der Waals surface area contributed by atoms with E-state index in [9.17, 15) is 18.0 Å². The van der Waals surface area contributed by atoms with Gasteiger partial charge in [0.05, 0.1) is 24.7 Å². The summed E-state index contributed by atoms with van der Waals surface area (Å²) in [6.45, 7) is 2.29. The lowest BCUT2D eigenvalue weighted by Crippen LogP contribution is -2.17. The van der Waals surface area contributed by atoms with Gasteiger partial charge in [0.2, 0.25) is 5.91 Å². The lowest BCUT2D eigenvalue weighted by molar-refractivity contribution is -0.275. The minimum atomic E-state index is -4.86. The molecule has 0 saturated heterocycles. The molecule has 4 rings (SSSR count).